The normalized spacial score (nSPS) is 14.3. The first-order chi connectivity index (χ1) is 14.2. The topological polar surface area (TPSA) is 37.4 Å². The molecule has 0 bridgehead atoms. The van der Waals surface area contributed by atoms with Crippen molar-refractivity contribution in [3.8, 4) is 0 Å². The number of thiophene rings is 1. The highest BCUT2D eigenvalue weighted by Gasteiger charge is 2.41. The van der Waals surface area contributed by atoms with Gasteiger partial charge in [-0.15, -0.1) is 11.3 Å². The molecule has 0 fully saturated rings. The first-order valence-electron chi connectivity index (χ1n) is 9.11. The van der Waals surface area contributed by atoms with Crippen molar-refractivity contribution in [2.75, 3.05) is 4.90 Å². The van der Waals surface area contributed by atoms with Crippen molar-refractivity contribution in [2.24, 2.45) is 0 Å². The lowest BCUT2D eigenvalue weighted by Gasteiger charge is -2.17. The molecule has 0 saturated heterocycles. The average molecular weight is 414 g/mol. The van der Waals surface area contributed by atoms with E-state index < -0.39 is 0 Å². The Morgan fingerprint density at radius 1 is 0.724 bits per heavy atom. The lowest BCUT2D eigenvalue weighted by molar-refractivity contribution is -0.119. The van der Waals surface area contributed by atoms with E-state index in [1.165, 1.54) is 28.0 Å². The highest BCUT2D eigenvalue weighted by molar-refractivity contribution is 8.04. The van der Waals surface area contributed by atoms with Gasteiger partial charge in [-0.3, -0.25) is 9.59 Å². The first kappa shape index (κ1) is 17.9. The van der Waals surface area contributed by atoms with Crippen molar-refractivity contribution in [2.45, 2.75) is 4.90 Å². The molecule has 0 N–H and O–H groups in total. The minimum Gasteiger partial charge on any atom is -0.268 e. The molecule has 5 heteroatoms. The van der Waals surface area contributed by atoms with Crippen LogP contribution >= 0.6 is 23.1 Å². The number of fused-ring (bicyclic) bond motifs is 1. The predicted octanol–water partition coefficient (Wildman–Crippen LogP) is 5.98. The molecule has 0 saturated carbocycles. The third-order valence-corrected chi connectivity index (χ3v) is 6.76. The summed E-state index contributed by atoms with van der Waals surface area (Å²) in [5.74, 6) is -0.546. The van der Waals surface area contributed by atoms with Crippen molar-refractivity contribution < 1.29 is 9.59 Å². The fraction of sp³-hybridized carbons (Fsp3) is 0. The van der Waals surface area contributed by atoms with Crippen LogP contribution in [-0.4, -0.2) is 11.8 Å². The van der Waals surface area contributed by atoms with Gasteiger partial charge in [0.25, 0.3) is 11.8 Å². The van der Waals surface area contributed by atoms with E-state index in [1.54, 1.807) is 0 Å². The lowest BCUT2D eigenvalue weighted by atomic mass is 10.1. The highest BCUT2D eigenvalue weighted by Crippen LogP contribution is 2.43. The minimum absolute atomic E-state index is 0.271. The number of anilines is 1. The second-order valence-electron chi connectivity index (χ2n) is 6.54. The van der Waals surface area contributed by atoms with Crippen LogP contribution in [0.25, 0.3) is 16.3 Å². The summed E-state index contributed by atoms with van der Waals surface area (Å²) >= 11 is 2.82. The standard InChI is InChI=1S/C24H15NO2S2/c26-23-21(20-14-7-15-28-20)22(29-17-10-2-1-3-11-17)24(27)25(23)19-13-6-9-16-8-4-5-12-18(16)19/h1-15H. The van der Waals surface area contributed by atoms with E-state index in [0.29, 0.717) is 16.2 Å². The van der Waals surface area contributed by atoms with E-state index in [4.69, 9.17) is 0 Å². The van der Waals surface area contributed by atoms with Gasteiger partial charge in [-0.1, -0.05) is 72.4 Å². The van der Waals surface area contributed by atoms with Crippen LogP contribution in [0.3, 0.4) is 0 Å². The van der Waals surface area contributed by atoms with E-state index >= 15 is 0 Å². The monoisotopic (exact) mass is 413 g/mol. The molecule has 0 unspecified atom stereocenters. The number of imide groups is 1. The van der Waals surface area contributed by atoms with Crippen LogP contribution in [0.4, 0.5) is 5.69 Å². The fourth-order valence-corrected chi connectivity index (χ4v) is 5.31. The molecule has 140 valence electrons. The number of amides is 2. The number of rotatable bonds is 4. The zero-order valence-corrected chi connectivity index (χ0v) is 16.9. The maximum absolute atomic E-state index is 13.5. The predicted molar refractivity (Wildman–Crippen MR) is 120 cm³/mol. The summed E-state index contributed by atoms with van der Waals surface area (Å²) in [5.41, 5.74) is 1.10. The molecular weight excluding hydrogens is 398 g/mol. The molecule has 0 spiro atoms. The molecular formula is C24H15NO2S2. The zero-order chi connectivity index (χ0) is 19.8. The van der Waals surface area contributed by atoms with Gasteiger partial charge in [0.05, 0.1) is 16.2 Å². The van der Waals surface area contributed by atoms with Gasteiger partial charge in [0.2, 0.25) is 0 Å². The van der Waals surface area contributed by atoms with E-state index in [0.717, 1.165) is 20.5 Å². The van der Waals surface area contributed by atoms with Gasteiger partial charge in [0.1, 0.15) is 0 Å². The number of carbonyl (C=O) groups excluding carboxylic acids is 2. The van der Waals surface area contributed by atoms with E-state index in [2.05, 4.69) is 0 Å². The summed E-state index contributed by atoms with van der Waals surface area (Å²) in [6, 6.07) is 27.0. The summed E-state index contributed by atoms with van der Waals surface area (Å²) in [6.07, 6.45) is 0. The average Bonchev–Trinajstić information content (AvgIpc) is 3.36. The number of nitrogens with zero attached hydrogens (tertiary/aromatic N) is 1. The molecule has 1 aliphatic rings. The maximum atomic E-state index is 13.5. The third-order valence-electron chi connectivity index (χ3n) is 4.78. The van der Waals surface area contributed by atoms with Crippen LogP contribution in [0.2, 0.25) is 0 Å². The van der Waals surface area contributed by atoms with E-state index in [1.807, 2.05) is 90.3 Å². The second-order valence-corrected chi connectivity index (χ2v) is 8.57. The number of benzene rings is 3. The summed E-state index contributed by atoms with van der Waals surface area (Å²) < 4.78 is 0. The summed E-state index contributed by atoms with van der Waals surface area (Å²) in [4.78, 5) is 30.5. The zero-order valence-electron chi connectivity index (χ0n) is 15.2. The van der Waals surface area contributed by atoms with Gasteiger partial charge in [0, 0.05) is 15.2 Å². The molecule has 1 aromatic heterocycles. The molecule has 1 aliphatic heterocycles. The Bertz CT molecular complexity index is 1260. The Balaban J connectivity index is 1.66. The molecule has 2 amide bonds. The van der Waals surface area contributed by atoms with Gasteiger partial charge in [-0.05, 0) is 35.0 Å². The second kappa shape index (κ2) is 7.35. The molecule has 5 rings (SSSR count). The van der Waals surface area contributed by atoms with Crippen LogP contribution < -0.4 is 4.90 Å². The summed E-state index contributed by atoms with van der Waals surface area (Å²) in [7, 11) is 0. The van der Waals surface area contributed by atoms with E-state index in [-0.39, 0.29) is 11.8 Å². The first-order valence-corrected chi connectivity index (χ1v) is 10.8. The number of thioether (sulfide) groups is 1. The van der Waals surface area contributed by atoms with Gasteiger partial charge < -0.3 is 0 Å². The van der Waals surface area contributed by atoms with Crippen LogP contribution in [0, 0.1) is 0 Å². The molecule has 4 aromatic rings. The Labute approximate surface area is 176 Å². The molecule has 3 aromatic carbocycles. The molecule has 3 nitrogen and oxygen atoms in total. The molecule has 0 radical (unpaired) electrons. The van der Waals surface area contributed by atoms with Crippen molar-refractivity contribution in [3.63, 3.8) is 0 Å². The largest absolute Gasteiger partial charge is 0.272 e. The molecule has 2 heterocycles. The summed E-state index contributed by atoms with van der Waals surface area (Å²) in [5, 5.41) is 3.80. The molecule has 0 aliphatic carbocycles. The SMILES string of the molecule is O=C1C(Sc2ccccc2)=C(c2cccs2)C(=O)N1c1cccc2ccccc12. The van der Waals surface area contributed by atoms with Gasteiger partial charge >= 0.3 is 0 Å². The molecule has 0 atom stereocenters. The van der Waals surface area contributed by atoms with Gasteiger partial charge in [0.15, 0.2) is 0 Å². The maximum Gasteiger partial charge on any atom is 0.272 e. The van der Waals surface area contributed by atoms with Crippen LogP contribution in [-0.2, 0) is 9.59 Å². The number of hydrogen-bond donors (Lipinski definition) is 0. The van der Waals surface area contributed by atoms with Crippen LogP contribution in [0.1, 0.15) is 4.88 Å². The Morgan fingerprint density at radius 3 is 2.28 bits per heavy atom. The van der Waals surface area contributed by atoms with Crippen LogP contribution in [0.5, 0.6) is 0 Å². The van der Waals surface area contributed by atoms with Crippen molar-refractivity contribution in [1.29, 1.82) is 0 Å². The van der Waals surface area contributed by atoms with Crippen molar-refractivity contribution in [1.82, 2.24) is 0 Å². The Morgan fingerprint density at radius 2 is 1.48 bits per heavy atom. The highest BCUT2D eigenvalue weighted by atomic mass is 32.2. The van der Waals surface area contributed by atoms with Gasteiger partial charge in [-0.2, -0.15) is 0 Å². The quantitative estimate of drug-likeness (QED) is 0.386. The third kappa shape index (κ3) is 3.09. The minimum atomic E-state index is -0.274. The molecule has 29 heavy (non-hydrogen) atoms. The fourth-order valence-electron chi connectivity index (χ4n) is 3.47. The Hall–Kier alpha value is -3.15. The van der Waals surface area contributed by atoms with Crippen molar-refractivity contribution >= 4 is 56.9 Å². The van der Waals surface area contributed by atoms with Crippen LogP contribution in [0.15, 0.2) is 100 Å². The van der Waals surface area contributed by atoms with Gasteiger partial charge in [-0.25, -0.2) is 4.90 Å². The number of carbonyl (C=O) groups is 2. The Kier molecular flexibility index (Phi) is 4.54. The summed E-state index contributed by atoms with van der Waals surface area (Å²) in [6.45, 7) is 0. The smallest absolute Gasteiger partial charge is 0.268 e. The van der Waals surface area contributed by atoms with E-state index in [9.17, 15) is 9.59 Å². The van der Waals surface area contributed by atoms with Crippen molar-refractivity contribution in [3.05, 3.63) is 100 Å². The number of hydrogen-bond acceptors (Lipinski definition) is 4. The lowest BCUT2D eigenvalue weighted by Crippen LogP contribution is -2.31.